The highest BCUT2D eigenvalue weighted by molar-refractivity contribution is 5.80. The van der Waals surface area contributed by atoms with Crippen LogP contribution in [-0.4, -0.2) is 50.7 Å². The fourth-order valence-electron chi connectivity index (χ4n) is 2.32. The summed E-state index contributed by atoms with van der Waals surface area (Å²) in [7, 11) is 0. The van der Waals surface area contributed by atoms with E-state index in [1.165, 1.54) is 11.0 Å². The van der Waals surface area contributed by atoms with E-state index in [0.717, 1.165) is 0 Å². The van der Waals surface area contributed by atoms with Gasteiger partial charge in [0.25, 0.3) is 0 Å². The summed E-state index contributed by atoms with van der Waals surface area (Å²) < 4.78 is 7.30. The van der Waals surface area contributed by atoms with Crippen LogP contribution in [0.3, 0.4) is 0 Å². The van der Waals surface area contributed by atoms with Gasteiger partial charge in [0.05, 0.1) is 6.10 Å². The van der Waals surface area contributed by atoms with Crippen LogP contribution in [0.4, 0.5) is 5.82 Å². The second-order valence-corrected chi connectivity index (χ2v) is 5.46. The quantitative estimate of drug-likeness (QED) is 0.618. The third kappa shape index (κ3) is 2.95. The maximum atomic E-state index is 10.2. The Labute approximate surface area is 130 Å². The van der Waals surface area contributed by atoms with E-state index in [9.17, 15) is 5.11 Å². The van der Waals surface area contributed by atoms with Crippen LogP contribution in [0.25, 0.3) is 11.2 Å². The first kappa shape index (κ1) is 16.4. The monoisotopic (exact) mass is 301 g/mol. The molecule has 0 bridgehead atoms. The van der Waals surface area contributed by atoms with Gasteiger partial charge in [-0.05, 0) is 5.92 Å². The van der Waals surface area contributed by atoms with Crippen molar-refractivity contribution >= 4 is 25.4 Å². The number of hydrogen-bond acceptors (Lipinski definition) is 7. The van der Waals surface area contributed by atoms with Crippen LogP contribution in [0.2, 0.25) is 0 Å². The number of aliphatic hydroxyl groups excluding tert-OH is 1. The molecule has 1 saturated heterocycles. The Hall–Kier alpha value is -2.00. The molecule has 3 N–H and O–H groups in total. The van der Waals surface area contributed by atoms with Crippen LogP contribution in [-0.2, 0) is 4.74 Å². The summed E-state index contributed by atoms with van der Waals surface area (Å²) in [6.45, 7) is 4.17. The van der Waals surface area contributed by atoms with E-state index >= 15 is 0 Å². The van der Waals surface area contributed by atoms with Crippen molar-refractivity contribution < 1.29 is 9.84 Å². The molecule has 3 radical (unpaired) electrons. The first-order valence-electron chi connectivity index (χ1n) is 6.89. The zero-order chi connectivity index (χ0) is 15.0. The summed E-state index contributed by atoms with van der Waals surface area (Å²) >= 11 is 0. The molecule has 3 rings (SSSR count). The Morgan fingerprint density at radius 2 is 2.23 bits per heavy atom. The SMILES string of the molecule is CC(C)/C=C/[C@@H]1C[C@@H](O)[C@H](n2nnc3c(N)ncnc32)O1.[B]. The maximum absolute atomic E-state index is 10.2. The standard InChI is InChI=1S/C13H18N6O2.B/c1-7(2)3-4-8-5-9(20)13(21-8)19-12-10(17-18-19)11(14)15-6-16-12;/h3-4,6-9,13,20H,5H2,1-2H3,(H2,14,15,16);/b4-3+;/t8-,9-,13-;/m1./s1. The molecule has 9 heteroatoms. The van der Waals surface area contributed by atoms with Gasteiger partial charge < -0.3 is 15.6 Å². The molecule has 3 atom stereocenters. The number of aromatic nitrogens is 5. The zero-order valence-corrected chi connectivity index (χ0v) is 12.5. The molecule has 2 aromatic rings. The van der Waals surface area contributed by atoms with Crippen LogP contribution in [0.1, 0.15) is 26.5 Å². The van der Waals surface area contributed by atoms with Gasteiger partial charge in [-0.15, -0.1) is 5.10 Å². The third-order valence-electron chi connectivity index (χ3n) is 3.36. The molecule has 0 amide bonds. The van der Waals surface area contributed by atoms with E-state index in [-0.39, 0.29) is 20.3 Å². The minimum absolute atomic E-state index is 0. The molecule has 3 heterocycles. The summed E-state index contributed by atoms with van der Waals surface area (Å²) in [6.07, 6.45) is 4.44. The predicted molar refractivity (Wildman–Crippen MR) is 81.8 cm³/mol. The molecular formula is C13H18BN6O2. The Kier molecular flexibility index (Phi) is 4.77. The van der Waals surface area contributed by atoms with Crippen molar-refractivity contribution in [3.05, 3.63) is 18.5 Å². The molecule has 0 saturated carbocycles. The van der Waals surface area contributed by atoms with E-state index in [4.69, 9.17) is 10.5 Å². The van der Waals surface area contributed by atoms with Gasteiger partial charge in [0.15, 0.2) is 23.2 Å². The molecule has 115 valence electrons. The topological polar surface area (TPSA) is 112 Å². The molecule has 1 fully saturated rings. The fourth-order valence-corrected chi connectivity index (χ4v) is 2.32. The molecule has 0 spiro atoms. The first-order chi connectivity index (χ1) is 10.1. The molecule has 0 aromatic carbocycles. The van der Waals surface area contributed by atoms with Crippen LogP contribution in [0.5, 0.6) is 0 Å². The summed E-state index contributed by atoms with van der Waals surface area (Å²) in [5, 5.41) is 18.1. The molecule has 2 aromatic heterocycles. The highest BCUT2D eigenvalue weighted by Crippen LogP contribution is 2.31. The minimum atomic E-state index is -0.673. The van der Waals surface area contributed by atoms with Gasteiger partial charge in [-0.25, -0.2) is 9.97 Å². The predicted octanol–water partition coefficient (Wildman–Crippen LogP) is 0.283. The van der Waals surface area contributed by atoms with E-state index in [1.807, 2.05) is 6.08 Å². The molecular weight excluding hydrogens is 283 g/mol. The lowest BCUT2D eigenvalue weighted by Crippen LogP contribution is -2.21. The van der Waals surface area contributed by atoms with Gasteiger partial charge in [-0.2, -0.15) is 4.68 Å². The number of nitrogens with zero attached hydrogens (tertiary/aromatic N) is 5. The molecule has 1 aliphatic rings. The number of ether oxygens (including phenoxy) is 1. The molecule has 1 aliphatic heterocycles. The molecule has 0 unspecified atom stereocenters. The Morgan fingerprint density at radius 3 is 2.95 bits per heavy atom. The summed E-state index contributed by atoms with van der Waals surface area (Å²) in [5.74, 6) is 0.694. The van der Waals surface area contributed by atoms with Gasteiger partial charge in [-0.1, -0.05) is 31.2 Å². The summed E-state index contributed by atoms with van der Waals surface area (Å²) in [4.78, 5) is 7.98. The lowest BCUT2D eigenvalue weighted by atomic mass is 10.1. The fraction of sp³-hybridized carbons (Fsp3) is 0.538. The van der Waals surface area contributed by atoms with Crippen molar-refractivity contribution in [2.24, 2.45) is 5.92 Å². The third-order valence-corrected chi connectivity index (χ3v) is 3.36. The molecule has 0 aliphatic carbocycles. The van der Waals surface area contributed by atoms with E-state index in [0.29, 0.717) is 23.5 Å². The van der Waals surface area contributed by atoms with Crippen molar-refractivity contribution in [2.75, 3.05) is 5.73 Å². The van der Waals surface area contributed by atoms with Crippen molar-refractivity contribution in [1.29, 1.82) is 0 Å². The average Bonchev–Trinajstić information content (AvgIpc) is 3.01. The van der Waals surface area contributed by atoms with Crippen molar-refractivity contribution in [1.82, 2.24) is 25.0 Å². The van der Waals surface area contributed by atoms with Crippen LogP contribution in [0.15, 0.2) is 18.5 Å². The Morgan fingerprint density at radius 1 is 1.45 bits per heavy atom. The lowest BCUT2D eigenvalue weighted by molar-refractivity contribution is -0.0314. The Balaban J connectivity index is 0.00000176. The van der Waals surface area contributed by atoms with Crippen molar-refractivity contribution in [2.45, 2.75) is 38.7 Å². The van der Waals surface area contributed by atoms with Gasteiger partial charge in [0, 0.05) is 14.8 Å². The van der Waals surface area contributed by atoms with Crippen molar-refractivity contribution in [3.63, 3.8) is 0 Å². The zero-order valence-electron chi connectivity index (χ0n) is 12.5. The first-order valence-corrected chi connectivity index (χ1v) is 6.89. The molecule has 22 heavy (non-hydrogen) atoms. The van der Waals surface area contributed by atoms with Gasteiger partial charge in [-0.3, -0.25) is 0 Å². The number of fused-ring (bicyclic) bond motifs is 1. The smallest absolute Gasteiger partial charge is 0.186 e. The number of anilines is 1. The van der Waals surface area contributed by atoms with Crippen LogP contribution in [0, 0.1) is 5.92 Å². The van der Waals surface area contributed by atoms with Crippen LogP contribution >= 0.6 is 0 Å². The number of nitrogen functional groups attached to an aromatic ring is 1. The van der Waals surface area contributed by atoms with E-state index < -0.39 is 12.3 Å². The largest absolute Gasteiger partial charge is 0.388 e. The number of aliphatic hydroxyl groups is 1. The second kappa shape index (κ2) is 6.41. The number of allylic oxidation sites excluding steroid dienone is 1. The van der Waals surface area contributed by atoms with E-state index in [2.05, 4.69) is 40.2 Å². The number of hydrogen-bond donors (Lipinski definition) is 2. The maximum Gasteiger partial charge on any atom is 0.186 e. The average molecular weight is 301 g/mol. The van der Waals surface area contributed by atoms with Gasteiger partial charge >= 0.3 is 0 Å². The highest BCUT2D eigenvalue weighted by Gasteiger charge is 2.36. The van der Waals surface area contributed by atoms with Gasteiger partial charge in [0.1, 0.15) is 12.4 Å². The van der Waals surface area contributed by atoms with Crippen molar-refractivity contribution in [3.8, 4) is 0 Å². The van der Waals surface area contributed by atoms with E-state index in [1.54, 1.807) is 0 Å². The number of nitrogens with two attached hydrogens (primary N) is 1. The Bertz CT molecular complexity index is 674. The highest BCUT2D eigenvalue weighted by atomic mass is 16.5. The summed E-state index contributed by atoms with van der Waals surface area (Å²) in [6, 6.07) is 0. The molecule has 8 nitrogen and oxygen atoms in total. The normalized spacial score (nSPS) is 25.2. The second-order valence-electron chi connectivity index (χ2n) is 5.46. The summed E-state index contributed by atoms with van der Waals surface area (Å²) in [5.41, 5.74) is 6.60. The minimum Gasteiger partial charge on any atom is -0.388 e. The van der Waals surface area contributed by atoms with Crippen LogP contribution < -0.4 is 5.73 Å². The lowest BCUT2D eigenvalue weighted by Gasteiger charge is -2.14. The van der Waals surface area contributed by atoms with Gasteiger partial charge in [0.2, 0.25) is 0 Å². The number of rotatable bonds is 3.